The zero-order valence-corrected chi connectivity index (χ0v) is 27.9. The molecule has 1 heteroatoms. The third-order valence-electron chi connectivity index (χ3n) is 6.31. The minimum absolute atomic E-state index is 0.177. The first kappa shape index (κ1) is 34.8. The van der Waals surface area contributed by atoms with Crippen LogP contribution < -0.4 is 0 Å². The Morgan fingerprint density at radius 1 is 0.872 bits per heavy atom. The van der Waals surface area contributed by atoms with Crippen LogP contribution in [0.3, 0.4) is 0 Å². The normalized spacial score (nSPS) is 12.2. The Morgan fingerprint density at radius 2 is 1.46 bits per heavy atom. The van der Waals surface area contributed by atoms with Crippen LogP contribution >= 0.6 is 0 Å². The fourth-order valence-corrected chi connectivity index (χ4v) is 3.80. The molecule has 2 aliphatic rings. The van der Waals surface area contributed by atoms with Gasteiger partial charge in [-0.05, 0) is 17.4 Å². The molecule has 0 N–H and O–H groups in total. The van der Waals surface area contributed by atoms with Crippen LogP contribution in [0.2, 0.25) is 0 Å². The van der Waals surface area contributed by atoms with Gasteiger partial charge < -0.3 is 6.92 Å². The Bertz CT molecular complexity index is 1090. The van der Waals surface area contributed by atoms with E-state index in [0.29, 0.717) is 0 Å². The van der Waals surface area contributed by atoms with Crippen molar-refractivity contribution in [2.45, 2.75) is 85.0 Å². The average molecular weight is 596 g/mol. The Morgan fingerprint density at radius 3 is 1.87 bits per heavy atom. The number of rotatable bonds is 1. The van der Waals surface area contributed by atoms with Crippen molar-refractivity contribution in [3.63, 3.8) is 0 Å². The molecule has 0 amide bonds. The van der Waals surface area contributed by atoms with Crippen molar-refractivity contribution < 1.29 is 24.2 Å². The van der Waals surface area contributed by atoms with Gasteiger partial charge in [-0.15, -0.1) is 24.1 Å². The molecule has 0 radical (unpaired) electrons. The van der Waals surface area contributed by atoms with Gasteiger partial charge in [-0.25, -0.2) is 12.2 Å². The van der Waals surface area contributed by atoms with Crippen molar-refractivity contribution in [2.24, 2.45) is 0 Å². The van der Waals surface area contributed by atoms with Gasteiger partial charge in [0.25, 0.3) is 0 Å². The van der Waals surface area contributed by atoms with Crippen molar-refractivity contribution >= 4 is 4.21 Å². The topological polar surface area (TPSA) is 0 Å². The molecule has 2 aliphatic carbocycles. The van der Waals surface area contributed by atoms with Gasteiger partial charge in [0.05, 0.1) is 0 Å². The second-order valence-electron chi connectivity index (χ2n) is 11.7. The van der Waals surface area contributed by atoms with Crippen molar-refractivity contribution in [1.29, 1.82) is 0 Å². The van der Waals surface area contributed by atoms with E-state index < -0.39 is 0 Å². The molecule has 0 saturated heterocycles. The maximum absolute atomic E-state index is 3.72. The molecule has 0 nitrogen and oxygen atoms in total. The molecule has 0 atom stereocenters. The summed E-state index contributed by atoms with van der Waals surface area (Å²) in [6, 6.07) is 24.9. The zero-order valence-electron chi connectivity index (χ0n) is 25.5. The molecular weight excluding hydrogens is 548 g/mol. The molecule has 0 fully saturated rings. The first-order valence-corrected chi connectivity index (χ1v) is 15.6. The number of hydrogen-bond acceptors (Lipinski definition) is 0. The minimum atomic E-state index is 0.177. The molecule has 0 bridgehead atoms. The van der Waals surface area contributed by atoms with Crippen molar-refractivity contribution in [3.05, 3.63) is 133 Å². The zero-order chi connectivity index (χ0) is 29.5. The average Bonchev–Trinajstić information content (AvgIpc) is 3.61. The summed E-state index contributed by atoms with van der Waals surface area (Å²) in [4.78, 5) is 0. The van der Waals surface area contributed by atoms with E-state index in [1.54, 1.807) is 0 Å². The van der Waals surface area contributed by atoms with Crippen LogP contribution in [0.25, 0.3) is 11.1 Å². The van der Waals surface area contributed by atoms with Crippen LogP contribution in [-0.4, -0.2) is 4.21 Å². The van der Waals surface area contributed by atoms with E-state index in [-0.39, 0.29) is 10.8 Å². The molecule has 0 aliphatic heterocycles. The Kier molecular flexibility index (Phi) is 15.6. The number of allylic oxidation sites excluding steroid dienone is 4. The van der Waals surface area contributed by atoms with Crippen LogP contribution in [0.4, 0.5) is 0 Å². The van der Waals surface area contributed by atoms with E-state index in [1.807, 2.05) is 42.5 Å². The van der Waals surface area contributed by atoms with Gasteiger partial charge in [-0.2, -0.15) is 66.4 Å². The molecule has 0 heterocycles. The summed E-state index contributed by atoms with van der Waals surface area (Å²) in [6.45, 7) is 23.1. The fourth-order valence-electron chi connectivity index (χ4n) is 3.80. The summed E-state index contributed by atoms with van der Waals surface area (Å²) in [7, 11) is 0. The molecular formula is C38H48Zr-4. The summed E-state index contributed by atoms with van der Waals surface area (Å²) in [5.41, 5.74) is 9.83. The third kappa shape index (κ3) is 12.2. The Hall–Kier alpha value is -2.24. The molecule has 0 unspecified atom stereocenters. The van der Waals surface area contributed by atoms with E-state index in [2.05, 4.69) is 115 Å². The van der Waals surface area contributed by atoms with Crippen molar-refractivity contribution in [2.75, 3.05) is 0 Å². The Labute approximate surface area is 256 Å². The van der Waals surface area contributed by atoms with E-state index in [9.17, 15) is 0 Å². The molecule has 208 valence electrons. The molecule has 3 aromatic rings. The van der Waals surface area contributed by atoms with E-state index in [0.717, 1.165) is 24.8 Å². The number of hydrogen-bond donors (Lipinski definition) is 0. The van der Waals surface area contributed by atoms with Gasteiger partial charge in [0, 0.05) is 0 Å². The predicted octanol–water partition coefficient (Wildman–Crippen LogP) is 10.4. The van der Waals surface area contributed by atoms with Gasteiger partial charge in [0.15, 0.2) is 0 Å². The predicted molar refractivity (Wildman–Crippen MR) is 171 cm³/mol. The van der Waals surface area contributed by atoms with Crippen LogP contribution in [0.15, 0.2) is 78.9 Å². The van der Waals surface area contributed by atoms with Crippen molar-refractivity contribution in [1.82, 2.24) is 0 Å². The van der Waals surface area contributed by atoms with Crippen LogP contribution in [0, 0.1) is 26.0 Å². The van der Waals surface area contributed by atoms with Crippen LogP contribution in [0.5, 0.6) is 0 Å². The maximum atomic E-state index is 3.72. The monoisotopic (exact) mass is 594 g/mol. The molecule has 0 aromatic heterocycles. The van der Waals surface area contributed by atoms with Crippen LogP contribution in [0.1, 0.15) is 95.5 Å². The van der Waals surface area contributed by atoms with Gasteiger partial charge in [0.1, 0.15) is 0 Å². The quantitative estimate of drug-likeness (QED) is 0.192. The first-order chi connectivity index (χ1) is 18.5. The van der Waals surface area contributed by atoms with E-state index >= 15 is 0 Å². The fraction of sp³-hybridized carbons (Fsp3) is 0.342. The summed E-state index contributed by atoms with van der Waals surface area (Å²) >= 11 is 1.30. The second kappa shape index (κ2) is 17.5. The van der Waals surface area contributed by atoms with E-state index in [4.69, 9.17) is 0 Å². The van der Waals surface area contributed by atoms with Gasteiger partial charge in [-0.1, -0.05) is 95.7 Å². The van der Waals surface area contributed by atoms with Crippen LogP contribution in [-0.2, 0) is 41.5 Å². The molecule has 39 heavy (non-hydrogen) atoms. The van der Waals surface area contributed by atoms with Gasteiger partial charge in [-0.3, -0.25) is 6.08 Å². The number of unbranched alkanes of at least 4 members (excludes halogenated alkanes) is 1. The summed E-state index contributed by atoms with van der Waals surface area (Å²) in [6.07, 6.45) is 13.3. The standard InChI is InChI=1S/C21H25.C7H7.C5H5.C4H9.CH2.Zr/c1-20(2,3)16-9-7-14-11-15-8-10-17(21(4,5)6)13-19(15)18(14)12-16;1-7-5-3-2-4-6-7;1-2-4-5-3-1;1-3-4-2;;/h7,9-10,12-13H,11H2,1-6H3;2-6H,1H2;1-3H,4H2;1,3-4H2,2H3;1H2;/q4*-1;;. The number of benzene rings is 3. The molecule has 0 saturated carbocycles. The molecule has 0 spiro atoms. The van der Waals surface area contributed by atoms with Gasteiger partial charge in [0.2, 0.25) is 0 Å². The summed E-state index contributed by atoms with van der Waals surface area (Å²) in [5, 5.41) is 0. The molecule has 5 rings (SSSR count). The first-order valence-electron chi connectivity index (χ1n) is 13.9. The van der Waals surface area contributed by atoms with E-state index in [1.165, 1.54) is 64.0 Å². The summed E-state index contributed by atoms with van der Waals surface area (Å²) in [5.74, 6) is 0. The SMILES string of the molecule is CC(C)(C)c1c[c-]c2c(c1)-c1cc(C(C)(C)C)ccc1C2.[C-]1=CC=CC1.[CH2-]CCC.[CH2-]c1ccccc1.[CH2]=[Zr]. The third-order valence-corrected chi connectivity index (χ3v) is 6.31. The number of fused-ring (bicyclic) bond motifs is 3. The second-order valence-corrected chi connectivity index (χ2v) is 11.7. The molecule has 3 aromatic carbocycles. The van der Waals surface area contributed by atoms with Gasteiger partial charge >= 0.3 is 28.4 Å². The summed E-state index contributed by atoms with van der Waals surface area (Å²) < 4.78 is 3.34. The Balaban J connectivity index is 0.000000342. The van der Waals surface area contributed by atoms with Crippen molar-refractivity contribution in [3.8, 4) is 11.1 Å².